The summed E-state index contributed by atoms with van der Waals surface area (Å²) in [7, 11) is -3.82. The Balaban J connectivity index is 0.00000578. The summed E-state index contributed by atoms with van der Waals surface area (Å²) in [6.07, 6.45) is 15.8. The molecule has 0 N–H and O–H groups in total. The van der Waals surface area contributed by atoms with Crippen LogP contribution in [0.25, 0.3) is 0 Å². The van der Waals surface area contributed by atoms with E-state index in [4.69, 9.17) is 66.5 Å². The van der Waals surface area contributed by atoms with Crippen molar-refractivity contribution in [3.8, 4) is 0 Å². The molecule has 0 aromatic heterocycles. The van der Waals surface area contributed by atoms with Crippen LogP contribution in [0.3, 0.4) is 0 Å². The molecule has 0 radical (unpaired) electrons. The summed E-state index contributed by atoms with van der Waals surface area (Å²) in [5, 5.41) is 3.64. The molecule has 2 aliphatic carbocycles. The fraction of sp³-hybridized carbons (Fsp3) is 0.636. The van der Waals surface area contributed by atoms with Gasteiger partial charge in [0.05, 0.1) is 0 Å². The molecule has 0 saturated carbocycles. The Hall–Kier alpha value is 3.03. The average Bonchev–Trinajstić information content (AvgIpc) is 3.32. The van der Waals surface area contributed by atoms with Crippen LogP contribution < -0.4 is 24.8 Å². The molecule has 2 aliphatic rings. The summed E-state index contributed by atoms with van der Waals surface area (Å²) < 4.78 is 3.39. The molecular weight excluding hydrogens is 751 g/mol. The molecule has 35 heavy (non-hydrogen) atoms. The first-order valence-electron chi connectivity index (χ1n) is 11.8. The van der Waals surface area contributed by atoms with Crippen LogP contribution in [0.4, 0.5) is 0 Å². The van der Waals surface area contributed by atoms with Crippen molar-refractivity contribution in [3.63, 3.8) is 0 Å². The van der Waals surface area contributed by atoms with E-state index in [1.807, 2.05) is 0 Å². The number of halogens is 8. The zero-order valence-corrected chi connectivity index (χ0v) is 33.7. The predicted molar refractivity (Wildman–Crippen MR) is 160 cm³/mol. The van der Waals surface area contributed by atoms with Gasteiger partial charge in [-0.3, -0.25) is 0 Å². The third kappa shape index (κ3) is 9.54. The van der Waals surface area contributed by atoms with Gasteiger partial charge in [0, 0.05) is 0 Å². The van der Waals surface area contributed by atoms with Crippen LogP contribution in [0.15, 0.2) is 41.3 Å². The molecule has 0 amide bonds. The molecule has 0 bridgehead atoms. The summed E-state index contributed by atoms with van der Waals surface area (Å²) in [6, 6.07) is -5.60. The van der Waals surface area contributed by atoms with Gasteiger partial charge in [-0.1, -0.05) is 0 Å². The number of hydrogen-bond donors (Lipinski definition) is 0. The summed E-state index contributed by atoms with van der Waals surface area (Å²) in [4.78, 5) is 0. The van der Waals surface area contributed by atoms with Crippen LogP contribution in [0.5, 0.6) is 0 Å². The van der Waals surface area contributed by atoms with Crippen LogP contribution in [0.1, 0.15) is 52.4 Å². The molecule has 2 rings (SSSR count). The third-order valence-corrected chi connectivity index (χ3v) is 37.2. The van der Waals surface area contributed by atoms with Crippen LogP contribution in [0, 0.1) is 0 Å². The van der Waals surface area contributed by atoms with Crippen molar-refractivity contribution in [2.24, 2.45) is 0 Å². The van der Waals surface area contributed by atoms with Gasteiger partial charge in [-0.2, -0.15) is 0 Å². The van der Waals surface area contributed by atoms with Crippen molar-refractivity contribution < 1.29 is 48.0 Å². The number of hydrogen-bond acceptors (Lipinski definition) is 0. The van der Waals surface area contributed by atoms with Gasteiger partial charge in [0.25, 0.3) is 0 Å². The molecule has 0 spiro atoms. The third-order valence-electron chi connectivity index (χ3n) is 7.24. The van der Waals surface area contributed by atoms with Crippen LogP contribution in [-0.2, 0) is 23.2 Å². The SMILES string of the molecule is CCCC([Si](Cl)(Cl)Cl)[Si](C)(C)C1=[C]([Zr+2][C]2=C([Si](C)(C)C(CCC)[Si](Cl)(Cl)Cl)C=CC2)CC=C1.[Cl-].[Cl-]. The van der Waals surface area contributed by atoms with Gasteiger partial charge in [-0.05, 0) is 0 Å². The molecule has 0 fully saturated rings. The van der Waals surface area contributed by atoms with E-state index < -0.39 is 51.4 Å². The maximum Gasteiger partial charge on any atom is -1.00 e. The Labute approximate surface area is 269 Å². The van der Waals surface area contributed by atoms with Gasteiger partial charge in [-0.25, -0.2) is 0 Å². The number of rotatable bonds is 12. The van der Waals surface area contributed by atoms with Crippen LogP contribution >= 0.6 is 66.5 Å². The van der Waals surface area contributed by atoms with E-state index in [0.29, 0.717) is 0 Å². The van der Waals surface area contributed by atoms with Crippen molar-refractivity contribution >= 4 is 94.6 Å². The largest absolute Gasteiger partial charge is 1.00 e. The Morgan fingerprint density at radius 1 is 0.686 bits per heavy atom. The monoisotopic (exact) mass is 782 g/mol. The molecule has 0 aromatic carbocycles. The maximum absolute atomic E-state index is 6.67. The molecular formula is C22H36Cl8Si4Zr. The van der Waals surface area contributed by atoms with Crippen LogP contribution in [0.2, 0.25) is 36.5 Å². The topological polar surface area (TPSA) is 0 Å². The molecule has 0 nitrogen and oxygen atoms in total. The van der Waals surface area contributed by atoms with Crippen molar-refractivity contribution in [1.29, 1.82) is 0 Å². The summed E-state index contributed by atoms with van der Waals surface area (Å²) in [6.45, 7) is 14.1. The molecule has 2 atom stereocenters. The molecule has 0 saturated heterocycles. The maximum atomic E-state index is 6.67. The van der Waals surface area contributed by atoms with Crippen LogP contribution in [-0.4, -0.2) is 28.2 Å². The average molecular weight is 788 g/mol. The van der Waals surface area contributed by atoms with E-state index >= 15 is 0 Å². The fourth-order valence-corrected chi connectivity index (χ4v) is 45.0. The first-order valence-corrected chi connectivity index (χ1v) is 30.6. The second kappa shape index (κ2) is 15.3. The second-order valence-corrected chi connectivity index (χ2v) is 42.2. The van der Waals surface area contributed by atoms with Crippen molar-refractivity contribution in [1.82, 2.24) is 0 Å². The minimum absolute atomic E-state index is 0. The Bertz CT molecular complexity index is 773. The standard InChI is InChI=1S/2C11H18Cl3Si2.2ClH.Zr/c2*1-4-7-11(16(12,13)14)15(2,3)10-8-5-6-9-10;;;/h2*5,8,11H,4,6-7H2,1-3H3;2*1H;/q;;;;+2/p-2. The van der Waals surface area contributed by atoms with E-state index in [1.54, 1.807) is 17.0 Å². The number of allylic oxidation sites excluding steroid dienone is 8. The first kappa shape index (κ1) is 38.0. The minimum atomic E-state index is -2.80. The Morgan fingerprint density at radius 2 is 1.00 bits per heavy atom. The summed E-state index contributed by atoms with van der Waals surface area (Å²) >= 11 is 39.1. The summed E-state index contributed by atoms with van der Waals surface area (Å²) in [5.41, 5.74) is 0. The van der Waals surface area contributed by atoms with E-state index in [2.05, 4.69) is 64.3 Å². The molecule has 0 aromatic rings. The van der Waals surface area contributed by atoms with Crippen molar-refractivity contribution in [2.45, 2.75) is 88.9 Å². The molecule has 0 heterocycles. The second-order valence-electron chi connectivity index (χ2n) is 10.3. The smallest absolute Gasteiger partial charge is 1.00 e. The summed E-state index contributed by atoms with van der Waals surface area (Å²) in [5.74, 6) is 0. The van der Waals surface area contributed by atoms with Gasteiger partial charge < -0.3 is 24.8 Å². The quantitative estimate of drug-likeness (QED) is 0.199. The molecule has 200 valence electrons. The van der Waals surface area contributed by atoms with Gasteiger partial charge >= 0.3 is 248 Å². The molecule has 13 heteroatoms. The zero-order chi connectivity index (χ0) is 25.2. The van der Waals surface area contributed by atoms with Gasteiger partial charge in [-0.15, -0.1) is 0 Å². The van der Waals surface area contributed by atoms with Gasteiger partial charge in [0.1, 0.15) is 0 Å². The van der Waals surface area contributed by atoms with Crippen molar-refractivity contribution in [3.05, 3.63) is 41.3 Å². The van der Waals surface area contributed by atoms with E-state index in [-0.39, 0.29) is 35.1 Å². The normalized spacial score (nSPS) is 18.4. The fourth-order valence-electron chi connectivity index (χ4n) is 5.46. The van der Waals surface area contributed by atoms with Crippen molar-refractivity contribution in [2.75, 3.05) is 0 Å². The minimum Gasteiger partial charge on any atom is -1.00 e. The predicted octanol–water partition coefficient (Wildman–Crippen LogP) is 4.73. The van der Waals surface area contributed by atoms with Gasteiger partial charge in [0.15, 0.2) is 0 Å². The van der Waals surface area contributed by atoms with E-state index in [0.717, 1.165) is 38.5 Å². The molecule has 0 aliphatic heterocycles. The zero-order valence-electron chi connectivity index (χ0n) is 21.2. The van der Waals surface area contributed by atoms with E-state index in [1.165, 1.54) is 0 Å². The van der Waals surface area contributed by atoms with Gasteiger partial charge in [0.2, 0.25) is 0 Å². The first-order chi connectivity index (χ1) is 15.1. The van der Waals surface area contributed by atoms with E-state index in [9.17, 15) is 0 Å². The Kier molecular flexibility index (Phi) is 16.6. The molecule has 2 unspecified atom stereocenters. The Morgan fingerprint density at radius 3 is 1.26 bits per heavy atom.